The molecular weight excluding hydrogens is 1280 g/mol. The normalized spacial score (nSPS) is 15.7. The van der Waals surface area contributed by atoms with Crippen LogP contribution in [0, 0.1) is 0 Å². The summed E-state index contributed by atoms with van der Waals surface area (Å²) in [6, 6.07) is 6.50. The van der Waals surface area contributed by atoms with Crippen LogP contribution in [0.25, 0.3) is 0 Å². The summed E-state index contributed by atoms with van der Waals surface area (Å²) in [5, 5.41) is -2.06. The van der Waals surface area contributed by atoms with Crippen molar-refractivity contribution in [2.45, 2.75) is 146 Å². The molecule has 3 aromatic rings. The number of hydrogen-bond donors (Lipinski definition) is 0. The van der Waals surface area contributed by atoms with Crippen molar-refractivity contribution >= 4 is 23.8 Å². The third-order valence-electron chi connectivity index (χ3n) is 11.7. The van der Waals surface area contributed by atoms with Gasteiger partial charge >= 0.3 is 107 Å². The van der Waals surface area contributed by atoms with Gasteiger partial charge in [0.05, 0.1) is 0 Å². The van der Waals surface area contributed by atoms with E-state index < -0.39 is 186 Å². The second-order valence-electron chi connectivity index (χ2n) is 17.3. The molecule has 40 heteroatoms. The van der Waals surface area contributed by atoms with E-state index in [1.165, 1.54) is 0 Å². The average Bonchev–Trinajstić information content (AvgIpc) is 3.30. The topological polar surface area (TPSA) is 0 Å². The van der Waals surface area contributed by atoms with Gasteiger partial charge in [0.2, 0.25) is 0 Å². The fourth-order valence-corrected chi connectivity index (χ4v) is 9.27. The maximum absolute atomic E-state index is 14.8. The Morgan fingerprint density at radius 1 is 0.220 bits per heavy atom. The van der Waals surface area contributed by atoms with E-state index in [4.69, 9.17) is 0 Å². The summed E-state index contributed by atoms with van der Waals surface area (Å²) >= 11 is 0. The standard InChI is InChI=1S/C42H24F39P/c43-25(44,28(49,50)31(55,56)34(61,62)37(67,68)40(73,74)75)13-10-19-4-1-7-22(16-19)82(23-8-2-5-20(17-23)11-14-26(45,46)29(51,52)32(57,58)35(63,64)38(69,70)41(76,77)78)24-9-3-6-21(18-24)12-15-27(47,48)30(53,54)33(59,60)36(65,66)39(71,72)42(79,80)81/h1-9,16-18H,10-15H2. The molecule has 470 valence electrons. The van der Waals surface area contributed by atoms with Crippen molar-refractivity contribution in [3.63, 3.8) is 0 Å². The van der Waals surface area contributed by atoms with E-state index in [0.717, 1.165) is 0 Å². The first-order valence-corrected chi connectivity index (χ1v) is 22.2. The van der Waals surface area contributed by atoms with Crippen molar-refractivity contribution in [2.24, 2.45) is 0 Å². The van der Waals surface area contributed by atoms with Gasteiger partial charge in [-0.3, -0.25) is 0 Å². The minimum Gasteiger partial charge on any atom is -0.200 e. The highest BCUT2D eigenvalue weighted by molar-refractivity contribution is 7.79. The first kappa shape index (κ1) is 71.6. The highest BCUT2D eigenvalue weighted by Gasteiger charge is 2.93. The zero-order valence-corrected chi connectivity index (χ0v) is 39.3. The molecule has 82 heavy (non-hydrogen) atoms. The number of benzene rings is 3. The first-order valence-electron chi connectivity index (χ1n) is 20.9. The summed E-state index contributed by atoms with van der Waals surface area (Å²) in [6.45, 7) is 0. The molecule has 0 nitrogen and oxygen atoms in total. The van der Waals surface area contributed by atoms with Gasteiger partial charge in [0.25, 0.3) is 0 Å². The molecule has 0 N–H and O–H groups in total. The van der Waals surface area contributed by atoms with Gasteiger partial charge in [-0.05, 0) is 59.8 Å². The third-order valence-corrected chi connectivity index (χ3v) is 14.1. The number of rotatable bonds is 24. The lowest BCUT2D eigenvalue weighted by Crippen LogP contribution is -2.70. The molecule has 0 radical (unpaired) electrons. The maximum Gasteiger partial charge on any atom is 0.460 e. The molecule has 0 saturated heterocycles. The molecule has 0 heterocycles. The fraction of sp³-hybridized carbons (Fsp3) is 0.571. The molecule has 0 unspecified atom stereocenters. The van der Waals surface area contributed by atoms with Gasteiger partial charge in [0.1, 0.15) is 0 Å². The van der Waals surface area contributed by atoms with Gasteiger partial charge in [-0.1, -0.05) is 72.8 Å². The monoisotopic (exact) mass is 1300 g/mol. The van der Waals surface area contributed by atoms with Crippen LogP contribution in [-0.4, -0.2) is 107 Å². The van der Waals surface area contributed by atoms with Gasteiger partial charge in [0.15, 0.2) is 0 Å². The smallest absolute Gasteiger partial charge is 0.200 e. The first-order chi connectivity index (χ1) is 35.9. The maximum atomic E-state index is 14.8. The third kappa shape index (κ3) is 11.5. The summed E-state index contributed by atoms with van der Waals surface area (Å²) in [7, 11) is -3.09. The minimum atomic E-state index is -8.36. The Morgan fingerprint density at radius 2 is 0.390 bits per heavy atom. The van der Waals surface area contributed by atoms with Crippen LogP contribution in [-0.2, 0) is 19.3 Å². The molecule has 0 aromatic heterocycles. The predicted molar refractivity (Wildman–Crippen MR) is 202 cm³/mol. The Hall–Kier alpha value is -4.64. The summed E-state index contributed by atoms with van der Waals surface area (Å²) in [5.41, 5.74) is -2.97. The Labute approximate surface area is 430 Å². The van der Waals surface area contributed by atoms with E-state index >= 15 is 0 Å². The molecule has 3 rings (SSSR count). The second kappa shape index (κ2) is 21.4. The summed E-state index contributed by atoms with van der Waals surface area (Å²) < 4.78 is 537. The molecule has 0 saturated carbocycles. The molecule has 0 bridgehead atoms. The lowest BCUT2D eigenvalue weighted by molar-refractivity contribution is -0.440. The quantitative estimate of drug-likeness (QED) is 0.0619. The van der Waals surface area contributed by atoms with Crippen LogP contribution in [0.3, 0.4) is 0 Å². The number of aryl methyl sites for hydroxylation is 3. The van der Waals surface area contributed by atoms with Crippen LogP contribution in [0.1, 0.15) is 36.0 Å². The van der Waals surface area contributed by atoms with Crippen molar-refractivity contribution < 1.29 is 171 Å². The molecule has 0 aliphatic rings. The van der Waals surface area contributed by atoms with Gasteiger partial charge in [-0.15, -0.1) is 0 Å². The fourth-order valence-electron chi connectivity index (χ4n) is 6.78. The zero-order valence-electron chi connectivity index (χ0n) is 38.4. The Kier molecular flexibility index (Phi) is 18.7. The molecule has 0 amide bonds. The van der Waals surface area contributed by atoms with Crippen LogP contribution in [0.4, 0.5) is 171 Å². The Balaban J connectivity index is 2.22. The largest absolute Gasteiger partial charge is 0.460 e. The summed E-state index contributed by atoms with van der Waals surface area (Å²) in [4.78, 5) is 0. The zero-order chi connectivity index (χ0) is 64.8. The summed E-state index contributed by atoms with van der Waals surface area (Å²) in [5.74, 6) is -118. The average molecular weight is 1300 g/mol. The summed E-state index contributed by atoms with van der Waals surface area (Å²) in [6.07, 6.45) is -38.0. The molecule has 3 aromatic carbocycles. The van der Waals surface area contributed by atoms with Gasteiger partial charge in [-0.25, -0.2) is 0 Å². The van der Waals surface area contributed by atoms with E-state index in [9.17, 15) is 171 Å². The molecule has 0 aliphatic heterocycles. The van der Waals surface area contributed by atoms with E-state index in [0.29, 0.717) is 72.8 Å². The van der Waals surface area contributed by atoms with Crippen LogP contribution in [0.2, 0.25) is 0 Å². The van der Waals surface area contributed by atoms with Crippen molar-refractivity contribution in [3.8, 4) is 0 Å². The number of hydrogen-bond acceptors (Lipinski definition) is 0. The van der Waals surface area contributed by atoms with Crippen molar-refractivity contribution in [1.29, 1.82) is 0 Å². The van der Waals surface area contributed by atoms with Gasteiger partial charge < -0.3 is 0 Å². The van der Waals surface area contributed by atoms with E-state index in [-0.39, 0.29) is 0 Å². The Bertz CT molecular complexity index is 2400. The number of alkyl halides is 39. The molecule has 0 fully saturated rings. The van der Waals surface area contributed by atoms with Crippen LogP contribution < -0.4 is 15.9 Å². The molecule has 0 atom stereocenters. The molecule has 0 spiro atoms. The number of halogens is 39. The van der Waals surface area contributed by atoms with Crippen molar-refractivity contribution in [2.75, 3.05) is 0 Å². The highest BCUT2D eigenvalue weighted by Crippen LogP contribution is 2.64. The van der Waals surface area contributed by atoms with Crippen molar-refractivity contribution in [3.05, 3.63) is 89.5 Å². The predicted octanol–water partition coefficient (Wildman–Crippen LogP) is 17.5. The van der Waals surface area contributed by atoms with Crippen LogP contribution in [0.15, 0.2) is 72.8 Å². The van der Waals surface area contributed by atoms with E-state index in [2.05, 4.69) is 0 Å². The van der Waals surface area contributed by atoms with E-state index in [1.807, 2.05) is 0 Å². The van der Waals surface area contributed by atoms with E-state index in [1.54, 1.807) is 0 Å². The lowest BCUT2D eigenvalue weighted by Gasteiger charge is -2.39. The second-order valence-corrected chi connectivity index (χ2v) is 19.6. The van der Waals surface area contributed by atoms with Gasteiger partial charge in [-0.2, -0.15) is 171 Å². The molecule has 0 aliphatic carbocycles. The minimum absolute atomic E-state index is 0.408. The Morgan fingerprint density at radius 3 is 0.561 bits per heavy atom. The molecular formula is C42H24F39P. The van der Waals surface area contributed by atoms with Crippen LogP contribution >= 0.6 is 7.92 Å². The highest BCUT2D eigenvalue weighted by atomic mass is 31.1. The van der Waals surface area contributed by atoms with Crippen molar-refractivity contribution in [1.82, 2.24) is 0 Å². The lowest BCUT2D eigenvalue weighted by atomic mass is 9.91. The van der Waals surface area contributed by atoms with Gasteiger partial charge in [0, 0.05) is 19.3 Å². The SMILES string of the molecule is FC(F)(F)C(F)(F)C(F)(F)C(F)(F)C(F)(F)C(F)(F)CCc1cccc(P(c2cccc(CCC(F)(F)C(F)(F)C(F)(F)C(F)(F)C(F)(F)C(F)(F)F)c2)c2cccc(CCC(F)(F)C(F)(F)C(F)(F)C(F)(F)C(F)(F)C(F)(F)F)c2)c1. The van der Waals surface area contributed by atoms with Crippen LogP contribution in [0.5, 0.6) is 0 Å².